The fraction of sp³-hybridized carbons (Fsp3) is 0.478. The van der Waals surface area contributed by atoms with Gasteiger partial charge in [-0.1, -0.05) is 24.3 Å². The smallest absolute Gasteiger partial charge is 0.497 e. The van der Waals surface area contributed by atoms with Gasteiger partial charge in [0.05, 0.1) is 18.8 Å². The Hall–Kier alpha value is -2.31. The van der Waals surface area contributed by atoms with E-state index in [0.29, 0.717) is 30.7 Å². The Balaban J connectivity index is 1.70. The van der Waals surface area contributed by atoms with E-state index in [4.69, 9.17) is 4.74 Å². The zero-order valence-corrected chi connectivity index (χ0v) is 19.4. The highest BCUT2D eigenvalue weighted by Crippen LogP contribution is 2.52. The molecule has 35 heavy (non-hydrogen) atoms. The summed E-state index contributed by atoms with van der Waals surface area (Å²) in [6, 6.07) is 11.3. The van der Waals surface area contributed by atoms with Crippen molar-refractivity contribution in [3.63, 3.8) is 0 Å². The van der Waals surface area contributed by atoms with Crippen molar-refractivity contribution in [2.24, 2.45) is 0 Å². The van der Waals surface area contributed by atoms with Gasteiger partial charge in [0.1, 0.15) is 5.75 Å². The van der Waals surface area contributed by atoms with Crippen molar-refractivity contribution in [1.29, 1.82) is 0 Å². The van der Waals surface area contributed by atoms with Crippen molar-refractivity contribution < 1.29 is 43.7 Å². The number of alkyl halides is 6. The van der Waals surface area contributed by atoms with Crippen molar-refractivity contribution in [1.82, 2.24) is 4.90 Å². The molecule has 0 radical (unpaired) electrons. The second-order valence-electron chi connectivity index (χ2n) is 8.83. The van der Waals surface area contributed by atoms with Gasteiger partial charge in [0.2, 0.25) is 0 Å². The van der Waals surface area contributed by atoms with E-state index < -0.39 is 39.0 Å². The summed E-state index contributed by atoms with van der Waals surface area (Å²) < 4.78 is 111. The largest absolute Gasteiger partial charge is 0.523 e. The minimum Gasteiger partial charge on any atom is -0.497 e. The molecular weight excluding hydrogens is 500 g/mol. The fourth-order valence-corrected chi connectivity index (χ4v) is 5.81. The highest BCUT2D eigenvalue weighted by atomic mass is 32.2. The summed E-state index contributed by atoms with van der Waals surface area (Å²) >= 11 is 0. The van der Waals surface area contributed by atoms with E-state index in [1.807, 2.05) is 17.0 Å². The average Bonchev–Trinajstić information content (AvgIpc) is 2.98. The summed E-state index contributed by atoms with van der Waals surface area (Å²) in [7, 11) is -4.29. The molecule has 192 valence electrons. The number of nitrogens with zero attached hydrogens (tertiary/aromatic N) is 1. The molecule has 1 unspecified atom stereocenters. The Morgan fingerprint density at radius 3 is 2.17 bits per heavy atom. The van der Waals surface area contributed by atoms with Crippen LogP contribution in [0.15, 0.2) is 48.5 Å². The SMILES string of the molecule is COc1ccc(CN2[C@H]3CC[C@@]2(c2ccc(C(F)(F)F)cc2)CC(OS(=O)(=O)C(F)(F)F)C3)cc1. The predicted octanol–water partition coefficient (Wildman–Crippen LogP) is 5.60. The Kier molecular flexibility index (Phi) is 6.60. The number of hydrogen-bond acceptors (Lipinski definition) is 5. The van der Waals surface area contributed by atoms with E-state index in [9.17, 15) is 34.8 Å². The van der Waals surface area contributed by atoms with E-state index >= 15 is 0 Å². The second-order valence-corrected chi connectivity index (χ2v) is 10.4. The minimum atomic E-state index is -5.82. The molecular formula is C23H23F6NO4S. The lowest BCUT2D eigenvalue weighted by Gasteiger charge is -2.48. The van der Waals surface area contributed by atoms with E-state index in [0.717, 1.165) is 17.7 Å². The number of rotatable bonds is 6. The highest BCUT2D eigenvalue weighted by Gasteiger charge is 2.56. The topological polar surface area (TPSA) is 55.8 Å². The first kappa shape index (κ1) is 25.8. The quantitative estimate of drug-likeness (QED) is 0.280. The maximum Gasteiger partial charge on any atom is 0.523 e. The molecule has 0 amide bonds. The van der Waals surface area contributed by atoms with Gasteiger partial charge >= 0.3 is 21.8 Å². The molecule has 2 aromatic carbocycles. The van der Waals surface area contributed by atoms with Crippen LogP contribution in [0.4, 0.5) is 26.3 Å². The molecule has 0 saturated carbocycles. The van der Waals surface area contributed by atoms with Gasteiger partial charge in [0.25, 0.3) is 0 Å². The van der Waals surface area contributed by atoms with Crippen LogP contribution >= 0.6 is 0 Å². The molecule has 2 heterocycles. The molecule has 2 bridgehead atoms. The molecule has 3 atom stereocenters. The normalized spacial score (nSPS) is 25.6. The van der Waals surface area contributed by atoms with Crippen LogP contribution in [0.2, 0.25) is 0 Å². The zero-order chi connectivity index (χ0) is 25.6. The molecule has 2 saturated heterocycles. The number of fused-ring (bicyclic) bond motifs is 2. The number of piperidine rings is 1. The third-order valence-electron chi connectivity index (χ3n) is 6.79. The monoisotopic (exact) mass is 523 g/mol. The summed E-state index contributed by atoms with van der Waals surface area (Å²) in [4.78, 5) is 2.04. The summed E-state index contributed by atoms with van der Waals surface area (Å²) in [5.74, 6) is 0.638. The molecule has 0 N–H and O–H groups in total. The van der Waals surface area contributed by atoms with Gasteiger partial charge in [-0.3, -0.25) is 9.08 Å². The molecule has 0 aliphatic carbocycles. The lowest BCUT2D eigenvalue weighted by molar-refractivity contribution is -0.137. The maximum atomic E-state index is 13.1. The fourth-order valence-electron chi connectivity index (χ4n) is 5.19. The Morgan fingerprint density at radius 2 is 1.63 bits per heavy atom. The first-order chi connectivity index (χ1) is 16.2. The van der Waals surface area contributed by atoms with Crippen LogP contribution in [0.5, 0.6) is 5.75 Å². The minimum absolute atomic E-state index is 0.0495. The number of ether oxygens (including phenoxy) is 1. The Bertz CT molecular complexity index is 1150. The Morgan fingerprint density at radius 1 is 1.00 bits per heavy atom. The summed E-state index contributed by atoms with van der Waals surface area (Å²) in [5.41, 5.74) is -6.06. The van der Waals surface area contributed by atoms with Crippen molar-refractivity contribution in [3.8, 4) is 5.75 Å². The van der Waals surface area contributed by atoms with Crippen LogP contribution < -0.4 is 4.74 Å². The van der Waals surface area contributed by atoms with E-state index in [1.165, 1.54) is 19.2 Å². The van der Waals surface area contributed by atoms with Gasteiger partial charge in [0, 0.05) is 18.1 Å². The number of halogens is 6. The number of benzene rings is 2. The zero-order valence-electron chi connectivity index (χ0n) is 18.6. The van der Waals surface area contributed by atoms with E-state index in [-0.39, 0.29) is 18.9 Å². The molecule has 12 heteroatoms. The van der Waals surface area contributed by atoms with Crippen LogP contribution in [-0.2, 0) is 32.6 Å². The van der Waals surface area contributed by atoms with Gasteiger partial charge in [-0.15, -0.1) is 0 Å². The molecule has 5 nitrogen and oxygen atoms in total. The maximum absolute atomic E-state index is 13.1. The summed E-state index contributed by atoms with van der Waals surface area (Å²) in [5, 5.41) is 0. The van der Waals surface area contributed by atoms with Gasteiger partial charge in [-0.2, -0.15) is 34.8 Å². The van der Waals surface area contributed by atoms with Gasteiger partial charge in [-0.25, -0.2) is 0 Å². The number of hydrogen-bond donors (Lipinski definition) is 0. The summed E-state index contributed by atoms with van der Waals surface area (Å²) in [6.45, 7) is 0.369. The van der Waals surface area contributed by atoms with Gasteiger partial charge < -0.3 is 4.74 Å². The second kappa shape index (κ2) is 8.97. The van der Waals surface area contributed by atoms with E-state index in [2.05, 4.69) is 4.18 Å². The standard InChI is InChI=1S/C23H23F6NO4S/c1-33-19-8-2-15(3-9-19)14-30-18-10-11-21(30,16-4-6-17(7-5-16)22(24,25)26)13-20(12-18)34-35(31,32)23(27,28)29/h2-9,18,20H,10-14H2,1H3/t18-,20?,21-/m0/s1. The van der Waals surface area contributed by atoms with Crippen molar-refractivity contribution >= 4 is 10.1 Å². The third kappa shape index (κ3) is 5.01. The van der Waals surface area contributed by atoms with E-state index in [1.54, 1.807) is 12.1 Å². The first-order valence-corrected chi connectivity index (χ1v) is 12.2. The van der Waals surface area contributed by atoms with Crippen molar-refractivity contribution in [3.05, 3.63) is 65.2 Å². The van der Waals surface area contributed by atoms with Crippen LogP contribution in [-0.4, -0.2) is 38.1 Å². The highest BCUT2D eigenvalue weighted by molar-refractivity contribution is 7.87. The molecule has 2 aromatic rings. The molecule has 0 spiro atoms. The van der Waals surface area contributed by atoms with Gasteiger partial charge in [0.15, 0.2) is 0 Å². The molecule has 4 rings (SSSR count). The van der Waals surface area contributed by atoms with Crippen molar-refractivity contribution in [2.75, 3.05) is 7.11 Å². The van der Waals surface area contributed by atoms with Gasteiger partial charge in [-0.05, 0) is 61.1 Å². The molecule has 2 fully saturated rings. The summed E-state index contributed by atoms with van der Waals surface area (Å²) in [6.07, 6.45) is -4.90. The van der Waals surface area contributed by atoms with Crippen molar-refractivity contribution in [2.45, 2.75) is 61.6 Å². The molecule has 2 aliphatic heterocycles. The lowest BCUT2D eigenvalue weighted by Crippen LogP contribution is -2.52. The molecule has 2 aliphatic rings. The number of methoxy groups -OCH3 is 1. The average molecular weight is 523 g/mol. The van der Waals surface area contributed by atoms with Crippen LogP contribution in [0.25, 0.3) is 0 Å². The Labute approximate surface area is 198 Å². The van der Waals surface area contributed by atoms with Crippen LogP contribution in [0.1, 0.15) is 42.4 Å². The van der Waals surface area contributed by atoms with Crippen LogP contribution in [0.3, 0.4) is 0 Å². The van der Waals surface area contributed by atoms with Crippen LogP contribution in [0, 0.1) is 0 Å². The first-order valence-electron chi connectivity index (χ1n) is 10.8. The third-order valence-corrected chi connectivity index (χ3v) is 7.88. The molecule has 0 aromatic heterocycles. The predicted molar refractivity (Wildman–Crippen MR) is 114 cm³/mol. The lowest BCUT2D eigenvalue weighted by atomic mass is 9.80.